The van der Waals surface area contributed by atoms with Gasteiger partial charge >= 0.3 is 5.97 Å². The Labute approximate surface area is 150 Å². The number of rotatable bonds is 6. The number of hydrogen-bond acceptors (Lipinski definition) is 8. The molecule has 2 aromatic rings. The van der Waals surface area contributed by atoms with Gasteiger partial charge in [0.25, 0.3) is 21.8 Å². The minimum atomic E-state index is -4.05. The Morgan fingerprint density at radius 3 is 2.73 bits per heavy atom. The van der Waals surface area contributed by atoms with Gasteiger partial charge in [-0.05, 0) is 18.1 Å². The SMILES string of the molecule is CC(C)Cc1noc(COC(=O)CN2C(=O)c3ccccc3S2(=O)=O)n1. The van der Waals surface area contributed by atoms with Crippen LogP contribution in [0.5, 0.6) is 0 Å². The molecular formula is C16H17N3O6S. The van der Waals surface area contributed by atoms with E-state index in [1.807, 2.05) is 13.8 Å². The molecule has 0 saturated heterocycles. The summed E-state index contributed by atoms with van der Waals surface area (Å²) in [6.07, 6.45) is 0.621. The average molecular weight is 379 g/mol. The fraction of sp³-hybridized carbons (Fsp3) is 0.375. The number of carbonyl (C=O) groups excluding carboxylic acids is 2. The minimum Gasteiger partial charge on any atom is -0.454 e. The van der Waals surface area contributed by atoms with Crippen LogP contribution < -0.4 is 0 Å². The van der Waals surface area contributed by atoms with Crippen molar-refractivity contribution in [2.24, 2.45) is 5.92 Å². The van der Waals surface area contributed by atoms with E-state index < -0.39 is 28.4 Å². The monoisotopic (exact) mass is 379 g/mol. The first-order chi connectivity index (χ1) is 12.3. The van der Waals surface area contributed by atoms with Gasteiger partial charge in [0.15, 0.2) is 12.4 Å². The number of hydrogen-bond donors (Lipinski definition) is 0. The van der Waals surface area contributed by atoms with Crippen LogP contribution in [-0.2, 0) is 32.6 Å². The Kier molecular flexibility index (Phi) is 4.77. The summed E-state index contributed by atoms with van der Waals surface area (Å²) in [5, 5.41) is 3.76. The summed E-state index contributed by atoms with van der Waals surface area (Å²) in [5.74, 6) is -0.699. The summed E-state index contributed by atoms with van der Waals surface area (Å²) < 4.78 is 35.1. The first-order valence-corrected chi connectivity index (χ1v) is 9.36. The summed E-state index contributed by atoms with van der Waals surface area (Å²) in [5.41, 5.74) is 0.0375. The molecule has 0 radical (unpaired) electrons. The first-order valence-electron chi connectivity index (χ1n) is 7.92. The predicted octanol–water partition coefficient (Wildman–Crippen LogP) is 1.16. The molecule has 2 heterocycles. The molecule has 0 spiro atoms. The van der Waals surface area contributed by atoms with Gasteiger partial charge in [0.2, 0.25) is 0 Å². The second-order valence-corrected chi connectivity index (χ2v) is 8.01. The third kappa shape index (κ3) is 3.45. The van der Waals surface area contributed by atoms with Gasteiger partial charge in [0.1, 0.15) is 11.4 Å². The molecule has 10 heteroatoms. The van der Waals surface area contributed by atoms with Gasteiger partial charge in [-0.15, -0.1) is 0 Å². The van der Waals surface area contributed by atoms with Crippen molar-refractivity contribution in [1.29, 1.82) is 0 Å². The van der Waals surface area contributed by atoms with Gasteiger partial charge < -0.3 is 9.26 Å². The largest absolute Gasteiger partial charge is 0.454 e. The van der Waals surface area contributed by atoms with E-state index in [0.29, 0.717) is 22.5 Å². The van der Waals surface area contributed by atoms with Crippen LogP contribution in [0.25, 0.3) is 0 Å². The van der Waals surface area contributed by atoms with Crippen LogP contribution in [0, 0.1) is 5.92 Å². The molecule has 0 atom stereocenters. The van der Waals surface area contributed by atoms with Crippen molar-refractivity contribution in [2.45, 2.75) is 31.8 Å². The van der Waals surface area contributed by atoms with Crippen LogP contribution in [0.2, 0.25) is 0 Å². The lowest BCUT2D eigenvalue weighted by Crippen LogP contribution is -2.35. The Balaban J connectivity index is 1.62. The molecule has 1 aliphatic rings. The van der Waals surface area contributed by atoms with E-state index in [1.54, 1.807) is 6.07 Å². The van der Waals surface area contributed by atoms with Gasteiger partial charge in [-0.3, -0.25) is 9.59 Å². The highest BCUT2D eigenvalue weighted by atomic mass is 32.2. The van der Waals surface area contributed by atoms with E-state index in [0.717, 1.165) is 0 Å². The Hall–Kier alpha value is -2.75. The molecule has 3 rings (SSSR count). The van der Waals surface area contributed by atoms with Crippen LogP contribution >= 0.6 is 0 Å². The molecule has 0 bridgehead atoms. The summed E-state index contributed by atoms with van der Waals surface area (Å²) in [4.78, 5) is 28.2. The number of aromatic nitrogens is 2. The molecule has 9 nitrogen and oxygen atoms in total. The highest BCUT2D eigenvalue weighted by Crippen LogP contribution is 2.29. The van der Waals surface area contributed by atoms with E-state index in [-0.39, 0.29) is 23.0 Å². The Bertz CT molecular complexity index is 950. The number of nitrogens with zero attached hydrogens (tertiary/aromatic N) is 3. The number of carbonyl (C=O) groups is 2. The molecule has 0 unspecified atom stereocenters. The highest BCUT2D eigenvalue weighted by molar-refractivity contribution is 7.90. The van der Waals surface area contributed by atoms with Crippen LogP contribution in [0.4, 0.5) is 0 Å². The molecular weight excluding hydrogens is 362 g/mol. The van der Waals surface area contributed by atoms with Crippen molar-refractivity contribution in [3.05, 3.63) is 41.5 Å². The second kappa shape index (κ2) is 6.87. The number of ether oxygens (including phenoxy) is 1. The zero-order valence-corrected chi connectivity index (χ0v) is 15.0. The number of esters is 1. The lowest BCUT2D eigenvalue weighted by molar-refractivity contribution is -0.145. The molecule has 138 valence electrons. The minimum absolute atomic E-state index is 0.0375. The van der Waals surface area contributed by atoms with Crippen molar-refractivity contribution >= 4 is 21.9 Å². The van der Waals surface area contributed by atoms with E-state index in [1.165, 1.54) is 18.2 Å². The fourth-order valence-electron chi connectivity index (χ4n) is 2.49. The maximum Gasteiger partial charge on any atom is 0.327 e. The van der Waals surface area contributed by atoms with Crippen molar-refractivity contribution in [2.75, 3.05) is 6.54 Å². The molecule has 1 aromatic heterocycles. The van der Waals surface area contributed by atoms with E-state index in [4.69, 9.17) is 9.26 Å². The molecule has 0 saturated carbocycles. The van der Waals surface area contributed by atoms with Crippen LogP contribution in [0.1, 0.15) is 35.9 Å². The van der Waals surface area contributed by atoms with E-state index >= 15 is 0 Å². The van der Waals surface area contributed by atoms with Crippen molar-refractivity contribution < 1.29 is 27.3 Å². The average Bonchev–Trinajstić information content (AvgIpc) is 3.10. The van der Waals surface area contributed by atoms with Gasteiger partial charge in [0, 0.05) is 6.42 Å². The van der Waals surface area contributed by atoms with Crippen LogP contribution in [0.15, 0.2) is 33.7 Å². The normalized spacial score (nSPS) is 15.3. The topological polar surface area (TPSA) is 120 Å². The number of amides is 1. The van der Waals surface area contributed by atoms with E-state index in [9.17, 15) is 18.0 Å². The van der Waals surface area contributed by atoms with Gasteiger partial charge in [-0.25, -0.2) is 12.7 Å². The van der Waals surface area contributed by atoms with Crippen molar-refractivity contribution in [1.82, 2.24) is 14.4 Å². The fourth-order valence-corrected chi connectivity index (χ4v) is 4.00. The maximum absolute atomic E-state index is 12.4. The second-order valence-electron chi connectivity index (χ2n) is 6.18. The number of fused-ring (bicyclic) bond motifs is 1. The van der Waals surface area contributed by atoms with Gasteiger partial charge in [0.05, 0.1) is 5.56 Å². The molecule has 1 aromatic carbocycles. The first kappa shape index (κ1) is 18.1. The summed E-state index contributed by atoms with van der Waals surface area (Å²) in [6.45, 7) is 2.99. The summed E-state index contributed by atoms with van der Waals surface area (Å²) in [7, 11) is -4.05. The van der Waals surface area contributed by atoms with Crippen molar-refractivity contribution in [3.63, 3.8) is 0 Å². The summed E-state index contributed by atoms with van der Waals surface area (Å²) in [6, 6.07) is 5.78. The highest BCUT2D eigenvalue weighted by Gasteiger charge is 2.42. The molecule has 0 fully saturated rings. The zero-order valence-electron chi connectivity index (χ0n) is 14.2. The van der Waals surface area contributed by atoms with Gasteiger partial charge in [-0.2, -0.15) is 4.98 Å². The quantitative estimate of drug-likeness (QED) is 0.686. The molecule has 1 aliphatic heterocycles. The third-order valence-corrected chi connectivity index (χ3v) is 5.43. The predicted molar refractivity (Wildman–Crippen MR) is 87.3 cm³/mol. The molecule has 0 N–H and O–H groups in total. The standard InChI is InChI=1S/C16H17N3O6S/c1-10(2)7-13-17-14(25-18-13)9-24-15(20)8-19-16(21)11-5-3-4-6-12(11)26(19,22)23/h3-6,10H,7-9H2,1-2H3. The van der Waals surface area contributed by atoms with Crippen LogP contribution in [0.3, 0.4) is 0 Å². The van der Waals surface area contributed by atoms with Gasteiger partial charge in [-0.1, -0.05) is 31.1 Å². The number of sulfonamides is 1. The maximum atomic E-state index is 12.4. The zero-order chi connectivity index (χ0) is 18.9. The molecule has 26 heavy (non-hydrogen) atoms. The van der Waals surface area contributed by atoms with Crippen LogP contribution in [-0.4, -0.2) is 41.3 Å². The Morgan fingerprint density at radius 1 is 1.31 bits per heavy atom. The smallest absolute Gasteiger partial charge is 0.327 e. The lowest BCUT2D eigenvalue weighted by atomic mass is 10.1. The lowest BCUT2D eigenvalue weighted by Gasteiger charge is -2.13. The molecule has 0 aliphatic carbocycles. The van der Waals surface area contributed by atoms with E-state index in [2.05, 4.69) is 10.1 Å². The third-order valence-electron chi connectivity index (χ3n) is 3.64. The summed E-state index contributed by atoms with van der Waals surface area (Å²) >= 11 is 0. The Morgan fingerprint density at radius 2 is 2.04 bits per heavy atom. The number of benzene rings is 1. The van der Waals surface area contributed by atoms with Crippen molar-refractivity contribution in [3.8, 4) is 0 Å². The molecule has 1 amide bonds.